The highest BCUT2D eigenvalue weighted by Gasteiger charge is 2.32. The van der Waals surface area contributed by atoms with Gasteiger partial charge in [0.05, 0.1) is 19.2 Å². The van der Waals surface area contributed by atoms with Gasteiger partial charge in [0.1, 0.15) is 23.2 Å². The lowest BCUT2D eigenvalue weighted by Gasteiger charge is -2.23. The van der Waals surface area contributed by atoms with Gasteiger partial charge in [-0.2, -0.15) is 0 Å². The maximum Gasteiger partial charge on any atom is 0.271 e. The van der Waals surface area contributed by atoms with Gasteiger partial charge in [0.25, 0.3) is 5.91 Å². The standard InChI is InChI=1S/C19H19Cl2F2N3O3/c1-3-29-17(16-14(22)7-12(28-2)8-15(16)23)19(27)26(21)9-11-5-4-10(18(24)25)6-13(11)20/h4-8,17H,3,9H2,1-2H3,(H3,24,25). The van der Waals surface area contributed by atoms with Crippen LogP contribution < -0.4 is 10.5 Å². The number of ether oxygens (including phenoxy) is 2. The first-order valence-electron chi connectivity index (χ1n) is 8.44. The maximum absolute atomic E-state index is 14.4. The highest BCUT2D eigenvalue weighted by molar-refractivity contribution is 6.32. The van der Waals surface area contributed by atoms with Crippen molar-refractivity contribution in [1.82, 2.24) is 4.42 Å². The van der Waals surface area contributed by atoms with E-state index in [4.69, 9.17) is 44.0 Å². The molecule has 2 aromatic carbocycles. The van der Waals surface area contributed by atoms with Crippen LogP contribution in [0.5, 0.6) is 5.75 Å². The number of methoxy groups -OCH3 is 1. The van der Waals surface area contributed by atoms with Crippen LogP contribution in [0.2, 0.25) is 5.02 Å². The van der Waals surface area contributed by atoms with E-state index in [1.807, 2.05) is 0 Å². The van der Waals surface area contributed by atoms with E-state index in [9.17, 15) is 13.6 Å². The Morgan fingerprint density at radius 1 is 1.28 bits per heavy atom. The summed E-state index contributed by atoms with van der Waals surface area (Å²) in [6.07, 6.45) is -1.60. The second-order valence-electron chi connectivity index (χ2n) is 5.92. The molecular formula is C19H19Cl2F2N3O3. The van der Waals surface area contributed by atoms with Gasteiger partial charge in [0.15, 0.2) is 6.10 Å². The van der Waals surface area contributed by atoms with E-state index >= 15 is 0 Å². The molecule has 156 valence electrons. The minimum Gasteiger partial charge on any atom is -0.497 e. The smallest absolute Gasteiger partial charge is 0.271 e. The zero-order valence-electron chi connectivity index (χ0n) is 15.6. The monoisotopic (exact) mass is 445 g/mol. The number of halogens is 4. The molecule has 3 N–H and O–H groups in total. The molecule has 0 bridgehead atoms. The third-order valence-corrected chi connectivity index (χ3v) is 4.66. The molecule has 0 saturated heterocycles. The predicted molar refractivity (Wildman–Crippen MR) is 106 cm³/mol. The van der Waals surface area contributed by atoms with Gasteiger partial charge in [-0.1, -0.05) is 23.7 Å². The molecule has 2 aromatic rings. The summed E-state index contributed by atoms with van der Waals surface area (Å²) in [4.78, 5) is 12.8. The Kier molecular flexibility index (Phi) is 7.78. The van der Waals surface area contributed by atoms with Crippen LogP contribution in [0.4, 0.5) is 8.78 Å². The highest BCUT2D eigenvalue weighted by atomic mass is 35.5. The van der Waals surface area contributed by atoms with Gasteiger partial charge in [-0.25, -0.2) is 13.2 Å². The van der Waals surface area contributed by atoms with Crippen molar-refractivity contribution in [2.75, 3.05) is 13.7 Å². The molecule has 0 heterocycles. The lowest BCUT2D eigenvalue weighted by atomic mass is 10.1. The molecule has 0 aliphatic heterocycles. The third kappa shape index (κ3) is 5.35. The van der Waals surface area contributed by atoms with Crippen LogP contribution in [0.25, 0.3) is 0 Å². The molecule has 10 heteroatoms. The fourth-order valence-electron chi connectivity index (χ4n) is 2.57. The summed E-state index contributed by atoms with van der Waals surface area (Å²) in [5.74, 6) is -3.07. The lowest BCUT2D eigenvalue weighted by Crippen LogP contribution is -2.30. The minimum atomic E-state index is -1.60. The summed E-state index contributed by atoms with van der Waals surface area (Å²) in [5.41, 5.74) is 5.69. The normalized spacial score (nSPS) is 11.8. The second kappa shape index (κ2) is 9.87. The number of nitrogens with one attached hydrogen (secondary N) is 1. The van der Waals surface area contributed by atoms with Crippen molar-refractivity contribution in [1.29, 1.82) is 5.41 Å². The number of nitrogen functional groups attached to an aromatic ring is 1. The summed E-state index contributed by atoms with van der Waals surface area (Å²) >= 11 is 12.2. The van der Waals surface area contributed by atoms with E-state index in [0.29, 0.717) is 11.1 Å². The number of nitrogens with zero attached hydrogens (tertiary/aromatic N) is 1. The molecule has 0 fully saturated rings. The molecular weight excluding hydrogens is 427 g/mol. The van der Waals surface area contributed by atoms with Crippen LogP contribution in [-0.4, -0.2) is 29.9 Å². The number of amides is 1. The Balaban J connectivity index is 2.31. The topological polar surface area (TPSA) is 88.6 Å². The van der Waals surface area contributed by atoms with Crippen LogP contribution in [-0.2, 0) is 16.1 Å². The number of hydrogen-bond acceptors (Lipinski definition) is 4. The molecule has 0 aliphatic carbocycles. The molecule has 0 aliphatic rings. The average Bonchev–Trinajstić information content (AvgIpc) is 2.67. The van der Waals surface area contributed by atoms with E-state index in [-0.39, 0.29) is 29.8 Å². The van der Waals surface area contributed by atoms with Crippen molar-refractivity contribution in [3.05, 3.63) is 63.7 Å². The number of nitrogens with two attached hydrogens (primary N) is 1. The van der Waals surface area contributed by atoms with Crippen molar-refractivity contribution < 1.29 is 23.0 Å². The van der Waals surface area contributed by atoms with Crippen molar-refractivity contribution in [3.8, 4) is 5.75 Å². The van der Waals surface area contributed by atoms with Crippen molar-refractivity contribution in [3.63, 3.8) is 0 Å². The zero-order chi connectivity index (χ0) is 21.7. The van der Waals surface area contributed by atoms with E-state index in [2.05, 4.69) is 0 Å². The van der Waals surface area contributed by atoms with Gasteiger partial charge in [-0.05, 0) is 18.6 Å². The number of carbonyl (C=O) groups excluding carboxylic acids is 1. The fourth-order valence-corrected chi connectivity index (χ4v) is 3.03. The minimum absolute atomic E-state index is 0.0140. The molecule has 1 atom stereocenters. The Morgan fingerprint density at radius 3 is 2.38 bits per heavy atom. The van der Waals surface area contributed by atoms with Crippen LogP contribution in [0.15, 0.2) is 30.3 Å². The quantitative estimate of drug-likeness (QED) is 0.362. The third-order valence-electron chi connectivity index (χ3n) is 4.02. The van der Waals surface area contributed by atoms with Gasteiger partial charge >= 0.3 is 0 Å². The van der Waals surface area contributed by atoms with Gasteiger partial charge in [0.2, 0.25) is 0 Å². The van der Waals surface area contributed by atoms with E-state index in [0.717, 1.165) is 16.6 Å². The molecule has 29 heavy (non-hydrogen) atoms. The molecule has 0 radical (unpaired) electrons. The molecule has 1 amide bonds. The first-order valence-corrected chi connectivity index (χ1v) is 9.15. The first-order chi connectivity index (χ1) is 13.7. The lowest BCUT2D eigenvalue weighted by molar-refractivity contribution is -0.139. The van der Waals surface area contributed by atoms with Gasteiger partial charge < -0.3 is 15.2 Å². The Hall–Kier alpha value is -2.42. The first kappa shape index (κ1) is 22.9. The number of carbonyl (C=O) groups is 1. The Labute approximate surface area is 176 Å². The van der Waals surface area contributed by atoms with Crippen LogP contribution in [0, 0.1) is 17.0 Å². The second-order valence-corrected chi connectivity index (χ2v) is 6.73. The summed E-state index contributed by atoms with van der Waals surface area (Å²) in [6, 6.07) is 6.45. The molecule has 0 saturated carbocycles. The molecule has 2 rings (SSSR count). The number of hydrogen-bond donors (Lipinski definition) is 2. The predicted octanol–water partition coefficient (Wildman–Crippen LogP) is 4.17. The van der Waals surface area contributed by atoms with E-state index in [1.165, 1.54) is 13.2 Å². The Bertz CT molecular complexity index is 905. The largest absolute Gasteiger partial charge is 0.497 e. The van der Waals surface area contributed by atoms with Gasteiger partial charge in [-0.3, -0.25) is 10.2 Å². The van der Waals surface area contributed by atoms with Crippen LogP contribution in [0.1, 0.15) is 29.7 Å². The maximum atomic E-state index is 14.4. The zero-order valence-corrected chi connectivity index (χ0v) is 17.2. The molecule has 6 nitrogen and oxygen atoms in total. The van der Waals surface area contributed by atoms with Crippen LogP contribution >= 0.6 is 23.4 Å². The summed E-state index contributed by atoms with van der Waals surface area (Å²) in [5, 5.41) is 7.64. The van der Waals surface area contributed by atoms with E-state index in [1.54, 1.807) is 19.1 Å². The summed E-state index contributed by atoms with van der Waals surface area (Å²) in [6.45, 7) is 1.43. The van der Waals surface area contributed by atoms with Crippen LogP contribution in [0.3, 0.4) is 0 Å². The van der Waals surface area contributed by atoms with Gasteiger partial charge in [-0.15, -0.1) is 0 Å². The molecule has 1 unspecified atom stereocenters. The number of rotatable bonds is 8. The Morgan fingerprint density at radius 2 is 1.90 bits per heavy atom. The molecule has 0 spiro atoms. The van der Waals surface area contributed by atoms with Crippen molar-refractivity contribution in [2.45, 2.75) is 19.6 Å². The van der Waals surface area contributed by atoms with E-state index < -0.39 is 29.2 Å². The molecule has 0 aromatic heterocycles. The highest BCUT2D eigenvalue weighted by Crippen LogP contribution is 2.31. The fraction of sp³-hybridized carbons (Fsp3) is 0.263. The summed E-state index contributed by atoms with van der Waals surface area (Å²) in [7, 11) is 1.26. The summed E-state index contributed by atoms with van der Waals surface area (Å²) < 4.78 is 39.7. The van der Waals surface area contributed by atoms with Gasteiger partial charge in [0, 0.05) is 41.1 Å². The van der Waals surface area contributed by atoms with Crippen molar-refractivity contribution in [2.24, 2.45) is 5.73 Å². The SMILES string of the molecule is CCOC(C(=O)N(Cl)Cc1ccc(C(=N)N)cc1Cl)c1c(F)cc(OC)cc1F. The van der Waals surface area contributed by atoms with Crippen molar-refractivity contribution >= 4 is 35.1 Å². The number of amidine groups is 1. The average molecular weight is 446 g/mol. The number of benzene rings is 2.